The number of aromatic nitrogens is 1. The highest BCUT2D eigenvalue weighted by molar-refractivity contribution is 9.10. The molecule has 1 fully saturated rings. The largest absolute Gasteiger partial charge is 0.339 e. The lowest BCUT2D eigenvalue weighted by atomic mass is 10.3. The lowest BCUT2D eigenvalue weighted by molar-refractivity contribution is 0.101. The van der Waals surface area contributed by atoms with Gasteiger partial charge in [-0.05, 0) is 53.0 Å². The molecule has 1 N–H and O–H groups in total. The van der Waals surface area contributed by atoms with E-state index in [0.717, 1.165) is 17.3 Å². The summed E-state index contributed by atoms with van der Waals surface area (Å²) in [5, 5.41) is 2.96. The molecule has 0 unspecified atom stereocenters. The van der Waals surface area contributed by atoms with Crippen LogP contribution >= 0.6 is 27.5 Å². The van der Waals surface area contributed by atoms with Crippen molar-refractivity contribution in [3.8, 4) is 0 Å². The predicted octanol–water partition coefficient (Wildman–Crippen LogP) is 4.63. The lowest BCUT2D eigenvalue weighted by Gasteiger charge is -2.10. The molecule has 0 saturated heterocycles. The molecule has 20 heavy (non-hydrogen) atoms. The molecule has 0 atom stereocenters. The van der Waals surface area contributed by atoms with Crippen LogP contribution in [-0.2, 0) is 0 Å². The molecule has 1 aromatic heterocycles. The molecule has 0 bridgehead atoms. The molecule has 1 aliphatic rings. The number of hydrogen-bond acceptors (Lipinski definition) is 1. The number of amides is 1. The van der Waals surface area contributed by atoms with E-state index in [0.29, 0.717) is 16.8 Å². The standard InChI is InChI=1S/C14H11BrClFN2O/c15-8-5-13(19(7-8)10-2-3-10)14(20)18-12-6-9(17)1-4-11(12)16/h1,4-7,10H,2-3H2,(H,18,20). The summed E-state index contributed by atoms with van der Waals surface area (Å²) in [5.74, 6) is -0.737. The minimum Gasteiger partial charge on any atom is -0.339 e. The predicted molar refractivity (Wildman–Crippen MR) is 79.8 cm³/mol. The Labute approximate surface area is 128 Å². The summed E-state index contributed by atoms with van der Waals surface area (Å²) >= 11 is 9.32. The molecule has 0 spiro atoms. The molecule has 2 aromatic rings. The number of halogens is 3. The number of benzene rings is 1. The fourth-order valence-electron chi connectivity index (χ4n) is 2.06. The third-order valence-corrected chi connectivity index (χ3v) is 3.93. The minimum absolute atomic E-state index is 0.274. The van der Waals surface area contributed by atoms with E-state index in [1.54, 1.807) is 6.07 Å². The van der Waals surface area contributed by atoms with Gasteiger partial charge in [0.25, 0.3) is 5.91 Å². The number of carbonyl (C=O) groups excluding carboxylic acids is 1. The Bertz CT molecular complexity index is 682. The van der Waals surface area contributed by atoms with E-state index < -0.39 is 5.82 Å². The van der Waals surface area contributed by atoms with Crippen LogP contribution in [0.1, 0.15) is 29.4 Å². The molecule has 6 heteroatoms. The van der Waals surface area contributed by atoms with Crippen molar-refractivity contribution >= 4 is 39.1 Å². The van der Waals surface area contributed by atoms with Crippen LogP contribution in [0.3, 0.4) is 0 Å². The first-order chi connectivity index (χ1) is 9.54. The second kappa shape index (κ2) is 5.22. The van der Waals surface area contributed by atoms with Gasteiger partial charge in [0.2, 0.25) is 0 Å². The fourth-order valence-corrected chi connectivity index (χ4v) is 2.66. The van der Waals surface area contributed by atoms with Gasteiger partial charge in [0.1, 0.15) is 11.5 Å². The summed E-state index contributed by atoms with van der Waals surface area (Å²) in [6.07, 6.45) is 4.03. The average molecular weight is 358 g/mol. The Balaban J connectivity index is 1.87. The van der Waals surface area contributed by atoms with Crippen LogP contribution in [0.4, 0.5) is 10.1 Å². The average Bonchev–Trinajstić information content (AvgIpc) is 3.17. The molecule has 3 rings (SSSR count). The van der Waals surface area contributed by atoms with Crippen LogP contribution in [0.5, 0.6) is 0 Å². The summed E-state index contributed by atoms with van der Waals surface area (Å²) < 4.78 is 16.0. The maximum atomic E-state index is 13.2. The van der Waals surface area contributed by atoms with Crippen molar-refractivity contribution in [2.24, 2.45) is 0 Å². The van der Waals surface area contributed by atoms with Gasteiger partial charge in [-0.25, -0.2) is 4.39 Å². The van der Waals surface area contributed by atoms with Gasteiger partial charge < -0.3 is 9.88 Å². The van der Waals surface area contributed by atoms with E-state index in [9.17, 15) is 9.18 Å². The van der Waals surface area contributed by atoms with Gasteiger partial charge in [-0.3, -0.25) is 4.79 Å². The van der Waals surface area contributed by atoms with Crippen LogP contribution in [0.2, 0.25) is 5.02 Å². The van der Waals surface area contributed by atoms with Gasteiger partial charge in [-0.1, -0.05) is 11.6 Å². The second-order valence-corrected chi connectivity index (χ2v) is 6.08. The quantitative estimate of drug-likeness (QED) is 0.854. The lowest BCUT2D eigenvalue weighted by Crippen LogP contribution is -2.16. The SMILES string of the molecule is O=C(Nc1cc(F)ccc1Cl)c1cc(Br)cn1C1CC1. The Morgan fingerprint density at radius 3 is 2.85 bits per heavy atom. The first kappa shape index (κ1) is 13.6. The number of anilines is 1. The van der Waals surface area contributed by atoms with E-state index in [-0.39, 0.29) is 11.6 Å². The van der Waals surface area contributed by atoms with Gasteiger partial charge in [-0.15, -0.1) is 0 Å². The zero-order chi connectivity index (χ0) is 14.3. The van der Waals surface area contributed by atoms with Crippen molar-refractivity contribution in [1.29, 1.82) is 0 Å². The number of hydrogen-bond donors (Lipinski definition) is 1. The number of carbonyl (C=O) groups is 1. The molecule has 104 valence electrons. The highest BCUT2D eigenvalue weighted by Gasteiger charge is 2.28. The van der Waals surface area contributed by atoms with E-state index in [1.807, 2.05) is 10.8 Å². The Morgan fingerprint density at radius 1 is 1.40 bits per heavy atom. The third-order valence-electron chi connectivity index (χ3n) is 3.16. The van der Waals surface area contributed by atoms with Gasteiger partial charge in [0.15, 0.2) is 0 Å². The fraction of sp³-hybridized carbons (Fsp3) is 0.214. The third kappa shape index (κ3) is 2.74. The monoisotopic (exact) mass is 356 g/mol. The van der Waals surface area contributed by atoms with Gasteiger partial charge in [-0.2, -0.15) is 0 Å². The summed E-state index contributed by atoms with van der Waals surface area (Å²) in [5.41, 5.74) is 0.816. The maximum absolute atomic E-state index is 13.2. The maximum Gasteiger partial charge on any atom is 0.272 e. The molecule has 0 radical (unpaired) electrons. The van der Waals surface area contributed by atoms with Gasteiger partial charge in [0, 0.05) is 16.7 Å². The summed E-state index contributed by atoms with van der Waals surface area (Å²) in [6, 6.07) is 6.01. The summed E-state index contributed by atoms with van der Waals surface area (Å²) in [6.45, 7) is 0. The first-order valence-corrected chi connectivity index (χ1v) is 7.35. The highest BCUT2D eigenvalue weighted by Crippen LogP contribution is 2.37. The topological polar surface area (TPSA) is 34.0 Å². The summed E-state index contributed by atoms with van der Waals surface area (Å²) in [7, 11) is 0. The van der Waals surface area contributed by atoms with Crippen molar-refractivity contribution in [2.75, 3.05) is 5.32 Å². The van der Waals surface area contributed by atoms with E-state index in [2.05, 4.69) is 21.2 Å². The second-order valence-electron chi connectivity index (χ2n) is 4.76. The van der Waals surface area contributed by atoms with Crippen LogP contribution < -0.4 is 5.32 Å². The molecule has 1 aromatic carbocycles. The van der Waals surface area contributed by atoms with Crippen LogP contribution in [0.25, 0.3) is 0 Å². The molecule has 0 aliphatic heterocycles. The Morgan fingerprint density at radius 2 is 2.15 bits per heavy atom. The first-order valence-electron chi connectivity index (χ1n) is 6.18. The van der Waals surface area contributed by atoms with Crippen molar-refractivity contribution < 1.29 is 9.18 Å². The molecular formula is C14H11BrClFN2O. The van der Waals surface area contributed by atoms with E-state index in [4.69, 9.17) is 11.6 Å². The van der Waals surface area contributed by atoms with E-state index >= 15 is 0 Å². The van der Waals surface area contributed by atoms with Gasteiger partial charge >= 0.3 is 0 Å². The molecule has 1 amide bonds. The van der Waals surface area contributed by atoms with Crippen molar-refractivity contribution in [3.05, 3.63) is 51.5 Å². The molecule has 1 aliphatic carbocycles. The van der Waals surface area contributed by atoms with Crippen LogP contribution in [0.15, 0.2) is 34.9 Å². The molecule has 1 heterocycles. The summed E-state index contributed by atoms with van der Waals surface area (Å²) in [4.78, 5) is 12.3. The van der Waals surface area contributed by atoms with Crippen molar-refractivity contribution in [3.63, 3.8) is 0 Å². The smallest absolute Gasteiger partial charge is 0.272 e. The van der Waals surface area contributed by atoms with Gasteiger partial charge in [0.05, 0.1) is 10.7 Å². The van der Waals surface area contributed by atoms with Crippen molar-refractivity contribution in [1.82, 2.24) is 4.57 Å². The zero-order valence-electron chi connectivity index (χ0n) is 10.4. The molecule has 3 nitrogen and oxygen atoms in total. The number of nitrogens with one attached hydrogen (secondary N) is 1. The normalized spacial score (nSPS) is 14.3. The highest BCUT2D eigenvalue weighted by atomic mass is 79.9. The number of nitrogens with zero attached hydrogens (tertiary/aromatic N) is 1. The Kier molecular flexibility index (Phi) is 3.56. The zero-order valence-corrected chi connectivity index (χ0v) is 12.7. The van der Waals surface area contributed by atoms with Crippen molar-refractivity contribution in [2.45, 2.75) is 18.9 Å². The number of rotatable bonds is 3. The molecular weight excluding hydrogens is 347 g/mol. The van der Waals surface area contributed by atoms with Crippen LogP contribution in [0, 0.1) is 5.82 Å². The minimum atomic E-state index is -0.441. The molecule has 1 saturated carbocycles. The van der Waals surface area contributed by atoms with Crippen LogP contribution in [-0.4, -0.2) is 10.5 Å². The Hall–Kier alpha value is -1.33. The van der Waals surface area contributed by atoms with E-state index in [1.165, 1.54) is 18.2 Å².